The summed E-state index contributed by atoms with van der Waals surface area (Å²) in [5.41, 5.74) is 1.17. The van der Waals surface area contributed by atoms with Crippen LogP contribution in [0.2, 0.25) is 0 Å². The van der Waals surface area contributed by atoms with E-state index in [4.69, 9.17) is 9.15 Å². The van der Waals surface area contributed by atoms with Crippen LogP contribution in [-0.2, 0) is 9.53 Å². The molecule has 3 rings (SSSR count). The minimum Gasteiger partial charge on any atom is -0.461 e. The lowest BCUT2D eigenvalue weighted by atomic mass is 10.1. The van der Waals surface area contributed by atoms with Crippen molar-refractivity contribution in [2.24, 2.45) is 0 Å². The summed E-state index contributed by atoms with van der Waals surface area (Å²) in [6.07, 6.45) is 2.87. The summed E-state index contributed by atoms with van der Waals surface area (Å²) in [4.78, 5) is 38.5. The highest BCUT2D eigenvalue weighted by atomic mass is 16.5. The highest BCUT2D eigenvalue weighted by Crippen LogP contribution is 2.17. The molecule has 0 unspecified atom stereocenters. The maximum absolute atomic E-state index is 12.5. The number of likely N-dealkylation sites (N-methyl/N-ethyl adjacent to an activating group) is 1. The van der Waals surface area contributed by atoms with Crippen LogP contribution in [0.4, 0.5) is 5.69 Å². The van der Waals surface area contributed by atoms with Gasteiger partial charge in [-0.2, -0.15) is 0 Å². The number of ether oxygens (including phenoxy) is 1. The molecular weight excluding hydrogens is 384 g/mol. The van der Waals surface area contributed by atoms with E-state index in [9.17, 15) is 14.4 Å². The Morgan fingerprint density at radius 1 is 1.10 bits per heavy atom. The van der Waals surface area contributed by atoms with Gasteiger partial charge in [0.2, 0.25) is 0 Å². The van der Waals surface area contributed by atoms with Crippen molar-refractivity contribution in [3.05, 3.63) is 82.2 Å². The number of esters is 1. The van der Waals surface area contributed by atoms with E-state index >= 15 is 0 Å². The molecule has 3 aromatic rings. The van der Waals surface area contributed by atoms with Crippen LogP contribution in [-0.4, -0.2) is 44.0 Å². The number of rotatable bonds is 7. The molecule has 0 aliphatic heterocycles. The van der Waals surface area contributed by atoms with Gasteiger partial charge in [0, 0.05) is 24.4 Å². The Morgan fingerprint density at radius 2 is 1.87 bits per heavy atom. The molecule has 2 aromatic carbocycles. The first kappa shape index (κ1) is 21.0. The largest absolute Gasteiger partial charge is 0.461 e. The fraction of sp³-hybridized carbons (Fsp3) is 0.174. The van der Waals surface area contributed by atoms with Crippen LogP contribution in [0.3, 0.4) is 0 Å². The van der Waals surface area contributed by atoms with Gasteiger partial charge in [0.05, 0.1) is 5.39 Å². The van der Waals surface area contributed by atoms with E-state index in [1.54, 1.807) is 48.5 Å². The third kappa shape index (κ3) is 5.65. The van der Waals surface area contributed by atoms with Gasteiger partial charge in [-0.1, -0.05) is 24.3 Å². The van der Waals surface area contributed by atoms with Crippen molar-refractivity contribution in [1.29, 1.82) is 0 Å². The Kier molecular flexibility index (Phi) is 6.77. The van der Waals surface area contributed by atoms with Crippen molar-refractivity contribution >= 4 is 34.6 Å². The molecule has 0 atom stereocenters. The summed E-state index contributed by atoms with van der Waals surface area (Å²) in [6, 6.07) is 14.9. The fourth-order valence-corrected chi connectivity index (χ4v) is 2.64. The van der Waals surface area contributed by atoms with Gasteiger partial charge >= 0.3 is 5.97 Å². The normalized spacial score (nSPS) is 11.2. The van der Waals surface area contributed by atoms with E-state index in [1.807, 2.05) is 25.1 Å². The fourth-order valence-electron chi connectivity index (χ4n) is 2.64. The molecule has 30 heavy (non-hydrogen) atoms. The first-order valence-corrected chi connectivity index (χ1v) is 9.36. The first-order chi connectivity index (χ1) is 14.4. The highest BCUT2D eigenvalue weighted by molar-refractivity contribution is 6.03. The molecule has 0 saturated carbocycles. The van der Waals surface area contributed by atoms with Crippen LogP contribution in [0.15, 0.2) is 69.9 Å². The van der Waals surface area contributed by atoms with Gasteiger partial charge in [0.15, 0.2) is 11.2 Å². The van der Waals surface area contributed by atoms with Crippen LogP contribution in [0.1, 0.15) is 16.1 Å². The molecule has 0 aliphatic rings. The van der Waals surface area contributed by atoms with Crippen LogP contribution in [0.25, 0.3) is 17.0 Å². The lowest BCUT2D eigenvalue weighted by molar-refractivity contribution is -0.137. The third-order valence-electron chi connectivity index (χ3n) is 4.20. The number of hydrogen-bond acceptors (Lipinski definition) is 6. The molecule has 7 heteroatoms. The summed E-state index contributed by atoms with van der Waals surface area (Å²) in [7, 11) is 3.78. The molecule has 0 saturated heterocycles. The zero-order valence-corrected chi connectivity index (χ0v) is 16.8. The van der Waals surface area contributed by atoms with Crippen molar-refractivity contribution in [2.45, 2.75) is 0 Å². The summed E-state index contributed by atoms with van der Waals surface area (Å²) in [5.74, 6) is -1.05. The Morgan fingerprint density at radius 3 is 2.60 bits per heavy atom. The SMILES string of the molecule is CN(C)CCOC(=O)/C=C/c1ccc2oc(C(=O)Nc3ccccc3)cc(=O)c2c1. The standard InChI is InChI=1S/C23H22N2O5/c1-25(2)12-13-29-22(27)11-9-16-8-10-20-18(14-16)19(26)15-21(30-20)23(28)24-17-6-4-3-5-7-17/h3-11,14-15H,12-13H2,1-2H3,(H,24,28)/b11-9+. The van der Waals surface area contributed by atoms with Crippen LogP contribution < -0.4 is 10.7 Å². The minimum atomic E-state index is -0.510. The number of para-hydroxylation sites is 1. The molecule has 7 nitrogen and oxygen atoms in total. The Hall–Kier alpha value is -3.71. The second-order valence-electron chi connectivity index (χ2n) is 6.85. The molecule has 0 spiro atoms. The molecule has 1 amide bonds. The monoisotopic (exact) mass is 406 g/mol. The van der Waals surface area contributed by atoms with Gasteiger partial charge in [0.1, 0.15) is 12.2 Å². The number of nitrogens with one attached hydrogen (secondary N) is 1. The van der Waals surface area contributed by atoms with E-state index in [0.717, 1.165) is 6.07 Å². The summed E-state index contributed by atoms with van der Waals surface area (Å²) < 4.78 is 10.7. The van der Waals surface area contributed by atoms with Crippen LogP contribution in [0.5, 0.6) is 0 Å². The topological polar surface area (TPSA) is 88.8 Å². The second kappa shape index (κ2) is 9.67. The molecule has 1 N–H and O–H groups in total. The summed E-state index contributed by atoms with van der Waals surface area (Å²) in [6.45, 7) is 0.933. The predicted octanol–water partition coefficient (Wildman–Crippen LogP) is 3.16. The number of amides is 1. The zero-order chi connectivity index (χ0) is 21.5. The molecule has 0 bridgehead atoms. The number of nitrogens with zero attached hydrogens (tertiary/aromatic N) is 1. The zero-order valence-electron chi connectivity index (χ0n) is 16.8. The number of benzene rings is 2. The van der Waals surface area contributed by atoms with Gasteiger partial charge < -0.3 is 19.4 Å². The smallest absolute Gasteiger partial charge is 0.330 e. The lowest BCUT2D eigenvalue weighted by Gasteiger charge is -2.08. The van der Waals surface area contributed by atoms with Gasteiger partial charge in [0.25, 0.3) is 5.91 Å². The van der Waals surface area contributed by atoms with E-state index in [1.165, 1.54) is 6.08 Å². The van der Waals surface area contributed by atoms with Gasteiger partial charge in [-0.25, -0.2) is 4.79 Å². The number of fused-ring (bicyclic) bond motifs is 1. The number of anilines is 1. The summed E-state index contributed by atoms with van der Waals surface area (Å²) >= 11 is 0. The average molecular weight is 406 g/mol. The van der Waals surface area contributed by atoms with Crippen LogP contribution >= 0.6 is 0 Å². The van der Waals surface area contributed by atoms with Crippen LogP contribution in [0, 0.1) is 0 Å². The van der Waals surface area contributed by atoms with Gasteiger partial charge in [-0.3, -0.25) is 9.59 Å². The molecule has 0 fully saturated rings. The van der Waals surface area contributed by atoms with E-state index in [0.29, 0.717) is 29.8 Å². The predicted molar refractivity (Wildman–Crippen MR) is 115 cm³/mol. The number of carbonyl (C=O) groups excluding carboxylic acids is 2. The van der Waals surface area contributed by atoms with Crippen molar-refractivity contribution in [3.8, 4) is 0 Å². The van der Waals surface area contributed by atoms with Crippen molar-refractivity contribution in [1.82, 2.24) is 4.90 Å². The number of carbonyl (C=O) groups is 2. The Bertz CT molecular complexity index is 1130. The quantitative estimate of drug-likeness (QED) is 0.479. The maximum Gasteiger partial charge on any atom is 0.330 e. The number of hydrogen-bond donors (Lipinski definition) is 1. The Balaban J connectivity index is 1.74. The highest BCUT2D eigenvalue weighted by Gasteiger charge is 2.13. The van der Waals surface area contributed by atoms with E-state index in [2.05, 4.69) is 5.32 Å². The lowest BCUT2D eigenvalue weighted by Crippen LogP contribution is -2.19. The molecule has 1 aromatic heterocycles. The molecule has 0 aliphatic carbocycles. The third-order valence-corrected chi connectivity index (χ3v) is 4.20. The van der Waals surface area contributed by atoms with Crippen molar-refractivity contribution < 1.29 is 18.7 Å². The van der Waals surface area contributed by atoms with E-state index < -0.39 is 11.9 Å². The second-order valence-corrected chi connectivity index (χ2v) is 6.85. The minimum absolute atomic E-state index is 0.0795. The molecule has 1 heterocycles. The molecular formula is C23H22N2O5. The average Bonchev–Trinajstić information content (AvgIpc) is 2.72. The van der Waals surface area contributed by atoms with Crippen molar-refractivity contribution in [3.63, 3.8) is 0 Å². The Labute approximate surface area is 173 Å². The van der Waals surface area contributed by atoms with Crippen molar-refractivity contribution in [2.75, 3.05) is 32.6 Å². The summed E-state index contributed by atoms with van der Waals surface area (Å²) in [5, 5.41) is 3.00. The molecule has 154 valence electrons. The van der Waals surface area contributed by atoms with Gasteiger partial charge in [-0.05, 0) is 50.0 Å². The maximum atomic E-state index is 12.5. The van der Waals surface area contributed by atoms with E-state index in [-0.39, 0.29) is 16.8 Å². The van der Waals surface area contributed by atoms with Gasteiger partial charge in [-0.15, -0.1) is 0 Å². The first-order valence-electron chi connectivity index (χ1n) is 9.36. The molecule has 0 radical (unpaired) electrons.